The topological polar surface area (TPSA) is 197 Å². The van der Waals surface area contributed by atoms with Gasteiger partial charge >= 0.3 is 12.0 Å². The average molecular weight is 948 g/mol. The molecule has 5 N–H and O–H groups in total. The fourth-order valence-corrected chi connectivity index (χ4v) is 12.0. The number of carbonyl (C=O) groups is 5. The minimum Gasteiger partial charge on any atom is -0.469 e. The Hall–Kier alpha value is -5.70. The lowest BCUT2D eigenvalue weighted by molar-refractivity contribution is -0.140. The van der Waals surface area contributed by atoms with Crippen molar-refractivity contribution in [2.75, 3.05) is 26.0 Å². The Labute approximate surface area is 404 Å². The molecule has 2 unspecified atom stereocenters. The van der Waals surface area contributed by atoms with Gasteiger partial charge in [-0.15, -0.1) is 0 Å². The minimum atomic E-state index is -0.478. The number of nitrogens with one attached hydrogen (secondary N) is 5. The van der Waals surface area contributed by atoms with Crippen molar-refractivity contribution in [3.63, 3.8) is 0 Å². The predicted octanol–water partition coefficient (Wildman–Crippen LogP) is 9.38. The first kappa shape index (κ1) is 50.2. The summed E-state index contributed by atoms with van der Waals surface area (Å²) in [6.07, 6.45) is 12.2. The van der Waals surface area contributed by atoms with Gasteiger partial charge in [-0.05, 0) is 106 Å². The van der Waals surface area contributed by atoms with E-state index >= 15 is 0 Å². The lowest BCUT2D eigenvalue weighted by Gasteiger charge is -2.19. The van der Waals surface area contributed by atoms with Gasteiger partial charge in [0.05, 0.1) is 54.9 Å². The number of nitrogens with zero attached hydrogens (tertiary/aromatic N) is 2. The number of H-pyrrole nitrogens is 2. The van der Waals surface area contributed by atoms with E-state index in [9.17, 15) is 24.0 Å². The molecule has 0 radical (unpaired) electrons. The van der Waals surface area contributed by atoms with Gasteiger partial charge in [0.15, 0.2) is 0 Å². The number of fused-ring (bicyclic) bond motifs is 9. The van der Waals surface area contributed by atoms with Gasteiger partial charge in [0.1, 0.15) is 5.78 Å². The number of carbonyl (C=O) groups excluding carboxylic acids is 5. The van der Waals surface area contributed by atoms with E-state index in [0.717, 1.165) is 114 Å². The van der Waals surface area contributed by atoms with Crippen molar-refractivity contribution >= 4 is 81.2 Å². The fourth-order valence-electron chi connectivity index (χ4n) is 10.5. The summed E-state index contributed by atoms with van der Waals surface area (Å²) in [5.41, 5.74) is 12.0. The predicted molar refractivity (Wildman–Crippen MR) is 270 cm³/mol. The maximum Gasteiger partial charge on any atom is 0.315 e. The van der Waals surface area contributed by atoms with Crippen LogP contribution >= 0.6 is 11.8 Å². The summed E-state index contributed by atoms with van der Waals surface area (Å²) >= 11 is 1.91. The van der Waals surface area contributed by atoms with Crippen LogP contribution in [0.4, 0.5) is 4.79 Å². The molecule has 4 aliphatic heterocycles. The number of urea groups is 1. The van der Waals surface area contributed by atoms with E-state index in [4.69, 9.17) is 19.4 Å². The summed E-state index contributed by atoms with van der Waals surface area (Å²) in [7, 11) is 1.35. The van der Waals surface area contributed by atoms with Gasteiger partial charge in [0.2, 0.25) is 0 Å². The first-order chi connectivity index (χ1) is 32.9. The van der Waals surface area contributed by atoms with Gasteiger partial charge in [-0.2, -0.15) is 11.8 Å². The lowest BCUT2D eigenvalue weighted by atomic mass is 9.84. The van der Waals surface area contributed by atoms with Gasteiger partial charge in [0, 0.05) is 81.1 Å². The van der Waals surface area contributed by atoms with Crippen LogP contribution in [0.5, 0.6) is 0 Å². The zero-order chi connectivity index (χ0) is 48.5. The molecule has 8 bridgehead atoms. The number of ketones is 1. The fraction of sp³-hybridized carbons (Fsp3) is 0.528. The molecule has 3 aromatic rings. The number of hydrogen-bond acceptors (Lipinski definition) is 10. The summed E-state index contributed by atoms with van der Waals surface area (Å²) in [6, 6.07) is 6.56. The molecule has 5 atom stereocenters. The van der Waals surface area contributed by atoms with Crippen molar-refractivity contribution in [3.05, 3.63) is 75.4 Å². The van der Waals surface area contributed by atoms with Gasteiger partial charge in [0.25, 0.3) is 12.4 Å². The van der Waals surface area contributed by atoms with Crippen molar-refractivity contribution in [2.45, 2.75) is 154 Å². The third-order valence-electron chi connectivity index (χ3n) is 14.4. The normalized spacial score (nSPS) is 19.6. The number of allylic oxidation sites excluding steroid dienone is 1. The number of thioether (sulfide) groups is 1. The molecular weight excluding hydrogens is 879 g/mol. The molecule has 15 heteroatoms. The largest absolute Gasteiger partial charge is 0.469 e. The molecule has 2 fully saturated rings. The molecule has 0 aliphatic carbocycles. The highest BCUT2D eigenvalue weighted by atomic mass is 32.2. The molecule has 3 amide bonds. The number of rotatable bonds is 23. The van der Waals surface area contributed by atoms with Crippen LogP contribution in [0.25, 0.3) is 39.3 Å². The van der Waals surface area contributed by atoms with Crippen LogP contribution in [0.15, 0.2) is 24.8 Å². The number of esters is 1. The molecule has 7 heterocycles. The smallest absolute Gasteiger partial charge is 0.315 e. The number of Topliss-reactive ketones (excluding diaryl/α,β-unsaturated/α-hetero) is 1. The van der Waals surface area contributed by atoms with Crippen LogP contribution in [-0.2, 0) is 41.5 Å². The van der Waals surface area contributed by atoms with Crippen molar-refractivity contribution < 1.29 is 33.4 Å². The second-order valence-corrected chi connectivity index (χ2v) is 20.0. The molecular formula is C53H69N7O7S. The number of aromatic nitrogens is 4. The Kier molecular flexibility index (Phi) is 17.0. The van der Waals surface area contributed by atoms with Gasteiger partial charge in [-0.25, -0.2) is 9.78 Å². The average Bonchev–Trinajstić information content (AvgIpc) is 4.15. The van der Waals surface area contributed by atoms with E-state index in [2.05, 4.69) is 72.3 Å². The lowest BCUT2D eigenvalue weighted by Crippen LogP contribution is -2.36. The van der Waals surface area contributed by atoms with Crippen LogP contribution in [0.3, 0.4) is 0 Å². The highest BCUT2D eigenvalue weighted by Gasteiger charge is 2.42. The third-order valence-corrected chi connectivity index (χ3v) is 15.9. The molecule has 14 nitrogen and oxygen atoms in total. The standard InChI is InChI=1S/C53H69N7O7S/c1-8-35-30(3)39-25-41-32(5)37(20-17-23-67-29-61)49(57-41)38(24-47(63)66-7)50-48(33(6)42(58-50)27-44-36(9-2)31(4)40(56-44)26-43(35)55-39)52(64)54-22-16-12-10-11-13-18-34(62)19-14-15-21-46-51-45(28-68-46)59-53(65)60-51/h8,25-27,29,32,37,45-46,51,55-56H,1,9-24,28H2,2-7H3,(H,54,64)(H2,59,60,65)/t32-,37-,45?,46-,51?/m0/s1. The van der Waals surface area contributed by atoms with Crippen molar-refractivity contribution in [1.82, 2.24) is 35.9 Å². The number of hydrogen-bond donors (Lipinski definition) is 5. The molecule has 0 spiro atoms. The van der Waals surface area contributed by atoms with Crippen LogP contribution in [0.1, 0.15) is 160 Å². The Morgan fingerprint density at radius 2 is 1.62 bits per heavy atom. The second kappa shape index (κ2) is 23.1. The van der Waals surface area contributed by atoms with E-state index in [1.54, 1.807) is 0 Å². The van der Waals surface area contributed by atoms with Crippen molar-refractivity contribution in [1.29, 1.82) is 0 Å². The highest BCUT2D eigenvalue weighted by Crippen LogP contribution is 2.44. The number of amides is 3. The summed E-state index contributed by atoms with van der Waals surface area (Å²) in [5.74, 6) is 0.227. The van der Waals surface area contributed by atoms with Gasteiger partial charge in [-0.3, -0.25) is 24.2 Å². The highest BCUT2D eigenvalue weighted by molar-refractivity contribution is 8.00. The molecule has 3 aromatic heterocycles. The first-order valence-corrected chi connectivity index (χ1v) is 25.6. The summed E-state index contributed by atoms with van der Waals surface area (Å²) in [5, 5.41) is 9.63. The summed E-state index contributed by atoms with van der Waals surface area (Å²) < 4.78 is 10.4. The molecule has 0 saturated carbocycles. The molecule has 364 valence electrons. The molecule has 7 rings (SSSR count). The number of aromatic amines is 2. The number of methoxy groups -OCH3 is 1. The van der Waals surface area contributed by atoms with Gasteiger partial charge < -0.3 is 35.4 Å². The number of aryl methyl sites for hydroxylation is 3. The Morgan fingerprint density at radius 3 is 2.37 bits per heavy atom. The van der Waals surface area contributed by atoms with Crippen LogP contribution in [0.2, 0.25) is 0 Å². The van der Waals surface area contributed by atoms with Crippen LogP contribution < -0.4 is 16.0 Å². The quantitative estimate of drug-likeness (QED) is 0.0264. The number of ether oxygens (including phenoxy) is 2. The van der Waals surface area contributed by atoms with E-state index in [1.807, 2.05) is 30.8 Å². The Balaban J connectivity index is 1.11. The Bertz CT molecular complexity index is 2610. The second-order valence-electron chi connectivity index (χ2n) is 18.7. The van der Waals surface area contributed by atoms with E-state index in [-0.39, 0.29) is 48.9 Å². The molecule has 0 aromatic carbocycles. The molecule has 2 saturated heterocycles. The Morgan fingerprint density at radius 1 is 0.882 bits per heavy atom. The van der Waals surface area contributed by atoms with Gasteiger partial charge in [-0.1, -0.05) is 52.2 Å². The summed E-state index contributed by atoms with van der Waals surface area (Å²) in [6.45, 7) is 15.6. The molecule has 68 heavy (non-hydrogen) atoms. The van der Waals surface area contributed by atoms with Crippen LogP contribution in [0, 0.1) is 13.8 Å². The third kappa shape index (κ3) is 11.2. The monoisotopic (exact) mass is 947 g/mol. The maximum absolute atomic E-state index is 14.6. The first-order valence-electron chi connectivity index (χ1n) is 24.6. The van der Waals surface area contributed by atoms with Crippen LogP contribution in [-0.4, -0.2) is 93.4 Å². The minimum absolute atomic E-state index is 0.0650. The van der Waals surface area contributed by atoms with E-state index in [0.29, 0.717) is 83.5 Å². The zero-order valence-electron chi connectivity index (χ0n) is 40.7. The van der Waals surface area contributed by atoms with E-state index in [1.165, 1.54) is 7.11 Å². The zero-order valence-corrected chi connectivity index (χ0v) is 41.5. The van der Waals surface area contributed by atoms with E-state index < -0.39 is 5.97 Å². The van der Waals surface area contributed by atoms with Crippen molar-refractivity contribution in [2.24, 2.45) is 0 Å². The molecule has 4 aliphatic rings. The maximum atomic E-state index is 14.6. The SMILES string of the molecule is C=Cc1c(C)c2cc3nc(c(CC(=O)OC)c4nc(cc5[nH]c(cc1[nH]2)c(C)c5CC)C(C)=C4C(=O)NCCCCCCCC(=O)CCCC[C@@H]1SCC2NC(=O)NC21)[C@@H](CCCOC=O)[C@@H]3C. The summed E-state index contributed by atoms with van der Waals surface area (Å²) in [4.78, 5) is 81.3. The van der Waals surface area contributed by atoms with Crippen molar-refractivity contribution in [3.8, 4) is 0 Å². The number of unbranched alkanes of at least 4 members (excludes halogenated alkanes) is 5.